The van der Waals surface area contributed by atoms with E-state index >= 15 is 0 Å². The largest absolute Gasteiger partial charge is 0.481 e. The second-order valence-corrected chi connectivity index (χ2v) is 14.6. The Labute approximate surface area is 338 Å². The summed E-state index contributed by atoms with van der Waals surface area (Å²) in [4.78, 5) is 56.8. The van der Waals surface area contributed by atoms with Gasteiger partial charge in [0.1, 0.15) is 62.0 Å². The number of carbonyl (C=O) groups excluding carboxylic acids is 3. The standard InChI is InChI=1S/C39H64O19/c1-24(16-14-12-10-8-6-4-3-5-7-9-11-13-15-17-29(44)52-2)55-39-37(35(50)33(48)26(57-39)23-54-31(46)21-19-28(42)43)58-38-36(51)34(49)32(47)25(56-38)22-53-30(45)20-18-27(40)41/h3-4,24-26,32-39,47-51H,5-23H2,1-2H3,(H,40,41)(H,42,43)/b4-3-/t24?,25-,26-,32-,33-,34+,35+,36-,37-,38+,39-/m1/s1. The lowest BCUT2D eigenvalue weighted by atomic mass is 9.97. The molecule has 7 N–H and O–H groups in total. The van der Waals surface area contributed by atoms with Crippen LogP contribution in [-0.4, -0.2) is 153 Å². The van der Waals surface area contributed by atoms with Crippen LogP contribution < -0.4 is 0 Å². The van der Waals surface area contributed by atoms with E-state index in [-0.39, 0.29) is 5.97 Å². The lowest BCUT2D eigenvalue weighted by Crippen LogP contribution is -2.65. The number of aliphatic hydroxyl groups excluding tert-OH is 5. The molecular formula is C39H64O19. The van der Waals surface area contributed by atoms with Crippen LogP contribution in [0.25, 0.3) is 0 Å². The SMILES string of the molecule is COC(=O)CCCCCCC/C=C\CCCCCCC(C)O[C@@H]1O[C@H](COC(=O)CCC(=O)O)[C@@H](O)[C@H](O)[C@H]1O[C@@H]1O[C@H](COC(=O)CCC(=O)O)[C@@H](O)[C@H](O)[C@H]1O. The van der Waals surface area contributed by atoms with Crippen LogP contribution in [-0.2, 0) is 57.1 Å². The fourth-order valence-corrected chi connectivity index (χ4v) is 6.28. The highest BCUT2D eigenvalue weighted by Gasteiger charge is 2.51. The fraction of sp³-hybridized carbons (Fsp3) is 0.821. The molecule has 19 nitrogen and oxygen atoms in total. The van der Waals surface area contributed by atoms with Crippen molar-refractivity contribution in [3.05, 3.63) is 12.2 Å². The Balaban J connectivity index is 1.94. The Bertz CT molecular complexity index is 1260. The third kappa shape index (κ3) is 19.7. The van der Waals surface area contributed by atoms with Crippen molar-refractivity contribution in [3.8, 4) is 0 Å². The third-order valence-corrected chi connectivity index (χ3v) is 9.75. The molecule has 0 saturated carbocycles. The molecule has 2 aliphatic heterocycles. The first-order valence-corrected chi connectivity index (χ1v) is 20.1. The Hall–Kier alpha value is -3.27. The molecule has 0 amide bonds. The number of aliphatic hydroxyl groups is 5. The zero-order chi connectivity index (χ0) is 43.0. The van der Waals surface area contributed by atoms with Gasteiger partial charge in [0.05, 0.1) is 38.9 Å². The Morgan fingerprint density at radius 1 is 0.569 bits per heavy atom. The Morgan fingerprint density at radius 3 is 1.59 bits per heavy atom. The van der Waals surface area contributed by atoms with Crippen LogP contribution in [0.5, 0.6) is 0 Å². The van der Waals surface area contributed by atoms with E-state index in [1.54, 1.807) is 6.92 Å². The molecule has 2 saturated heterocycles. The van der Waals surface area contributed by atoms with Crippen molar-refractivity contribution in [2.75, 3.05) is 20.3 Å². The minimum absolute atomic E-state index is 0.167. The molecular weight excluding hydrogens is 772 g/mol. The summed E-state index contributed by atoms with van der Waals surface area (Å²) in [6.45, 7) is 0.523. The van der Waals surface area contributed by atoms with Gasteiger partial charge in [0, 0.05) is 6.42 Å². The molecule has 11 atom stereocenters. The maximum atomic E-state index is 12.1. The predicted octanol–water partition coefficient (Wildman–Crippen LogP) is 1.65. The van der Waals surface area contributed by atoms with Crippen molar-refractivity contribution in [2.45, 2.75) is 184 Å². The molecule has 2 fully saturated rings. The van der Waals surface area contributed by atoms with Gasteiger partial charge in [-0.3, -0.25) is 24.0 Å². The summed E-state index contributed by atoms with van der Waals surface area (Å²) in [5.74, 6) is -4.42. The first-order valence-electron chi connectivity index (χ1n) is 20.1. The number of hydrogen-bond acceptors (Lipinski definition) is 17. The summed E-state index contributed by atoms with van der Waals surface area (Å²) in [5, 5.41) is 71.5. The van der Waals surface area contributed by atoms with E-state index in [2.05, 4.69) is 16.9 Å². The lowest BCUT2D eigenvalue weighted by Gasteiger charge is -2.46. The second-order valence-electron chi connectivity index (χ2n) is 14.6. The van der Waals surface area contributed by atoms with Gasteiger partial charge in [-0.1, -0.05) is 50.7 Å². The van der Waals surface area contributed by atoms with Crippen molar-refractivity contribution in [3.63, 3.8) is 0 Å². The number of carbonyl (C=O) groups is 5. The van der Waals surface area contributed by atoms with Gasteiger partial charge in [-0.05, 0) is 45.4 Å². The zero-order valence-electron chi connectivity index (χ0n) is 33.5. The highest BCUT2D eigenvalue weighted by atomic mass is 16.8. The Kier molecular flexibility index (Phi) is 24.8. The summed E-state index contributed by atoms with van der Waals surface area (Å²) >= 11 is 0. The van der Waals surface area contributed by atoms with Crippen molar-refractivity contribution in [1.29, 1.82) is 0 Å². The first kappa shape index (κ1) is 50.9. The average Bonchev–Trinajstić information content (AvgIpc) is 3.19. The van der Waals surface area contributed by atoms with Crippen LogP contribution in [0, 0.1) is 0 Å². The Morgan fingerprint density at radius 2 is 1.05 bits per heavy atom. The van der Waals surface area contributed by atoms with E-state index in [1.165, 1.54) is 7.11 Å². The molecule has 0 aliphatic carbocycles. The average molecular weight is 837 g/mol. The van der Waals surface area contributed by atoms with E-state index in [0.29, 0.717) is 12.8 Å². The van der Waals surface area contributed by atoms with E-state index < -0.39 is 130 Å². The van der Waals surface area contributed by atoms with Crippen LogP contribution in [0.4, 0.5) is 0 Å². The second kappa shape index (κ2) is 28.2. The third-order valence-electron chi connectivity index (χ3n) is 9.75. The first-order chi connectivity index (χ1) is 27.6. The van der Waals surface area contributed by atoms with Crippen molar-refractivity contribution < 1.29 is 92.9 Å². The number of aliphatic carboxylic acids is 2. The summed E-state index contributed by atoms with van der Waals surface area (Å²) in [6, 6.07) is 0. The molecule has 334 valence electrons. The summed E-state index contributed by atoms with van der Waals surface area (Å²) in [6.07, 6.45) is -2.97. The maximum absolute atomic E-state index is 12.1. The number of ether oxygens (including phenoxy) is 7. The van der Waals surface area contributed by atoms with Gasteiger partial charge in [0.15, 0.2) is 12.6 Å². The van der Waals surface area contributed by atoms with E-state index in [4.69, 9.17) is 38.6 Å². The van der Waals surface area contributed by atoms with Crippen LogP contribution in [0.1, 0.15) is 116 Å². The molecule has 1 unspecified atom stereocenters. The molecule has 0 aromatic heterocycles. The highest BCUT2D eigenvalue weighted by Crippen LogP contribution is 2.31. The van der Waals surface area contributed by atoms with Gasteiger partial charge >= 0.3 is 29.8 Å². The van der Waals surface area contributed by atoms with Crippen LogP contribution in [0.15, 0.2) is 12.2 Å². The number of hydrogen-bond donors (Lipinski definition) is 7. The van der Waals surface area contributed by atoms with Gasteiger partial charge in [-0.25, -0.2) is 0 Å². The van der Waals surface area contributed by atoms with Gasteiger partial charge in [-0.2, -0.15) is 0 Å². The van der Waals surface area contributed by atoms with Crippen molar-refractivity contribution in [1.82, 2.24) is 0 Å². The van der Waals surface area contributed by atoms with Crippen LogP contribution in [0.2, 0.25) is 0 Å². The maximum Gasteiger partial charge on any atom is 0.306 e. The van der Waals surface area contributed by atoms with Gasteiger partial charge in [0.2, 0.25) is 0 Å². The molecule has 0 aromatic carbocycles. The van der Waals surface area contributed by atoms with Gasteiger partial charge in [-0.15, -0.1) is 0 Å². The molecule has 0 radical (unpaired) electrons. The van der Waals surface area contributed by atoms with Crippen LogP contribution >= 0.6 is 0 Å². The number of carboxylic acids is 2. The highest BCUT2D eigenvalue weighted by molar-refractivity contribution is 5.77. The molecule has 0 aromatic rings. The number of methoxy groups -OCH3 is 1. The molecule has 2 heterocycles. The molecule has 2 aliphatic rings. The summed E-state index contributed by atoms with van der Waals surface area (Å²) in [7, 11) is 1.40. The quantitative estimate of drug-likeness (QED) is 0.0244. The van der Waals surface area contributed by atoms with Crippen molar-refractivity contribution >= 4 is 29.8 Å². The minimum atomic E-state index is -1.91. The number of rotatable bonds is 29. The van der Waals surface area contributed by atoms with Crippen LogP contribution in [0.3, 0.4) is 0 Å². The summed E-state index contributed by atoms with van der Waals surface area (Å²) in [5.41, 5.74) is 0. The molecule has 19 heteroatoms. The molecule has 0 spiro atoms. The summed E-state index contributed by atoms with van der Waals surface area (Å²) < 4.78 is 38.1. The lowest BCUT2D eigenvalue weighted by molar-refractivity contribution is -0.371. The fourth-order valence-electron chi connectivity index (χ4n) is 6.28. The minimum Gasteiger partial charge on any atom is -0.481 e. The predicted molar refractivity (Wildman–Crippen MR) is 200 cm³/mol. The molecule has 2 rings (SSSR count). The van der Waals surface area contributed by atoms with E-state index in [9.17, 15) is 49.5 Å². The number of unbranched alkanes of at least 4 members (excludes halogenated alkanes) is 9. The van der Waals surface area contributed by atoms with E-state index in [0.717, 1.165) is 70.6 Å². The smallest absolute Gasteiger partial charge is 0.306 e. The molecule has 0 bridgehead atoms. The number of allylic oxidation sites excluding steroid dienone is 2. The zero-order valence-corrected chi connectivity index (χ0v) is 33.5. The topological polar surface area (TPSA) is 292 Å². The van der Waals surface area contributed by atoms with E-state index in [1.807, 2.05) is 0 Å². The number of esters is 3. The number of carboxylic acid groups (broad SMARTS) is 2. The normalized spacial score (nSPS) is 27.8. The monoisotopic (exact) mass is 836 g/mol. The molecule has 58 heavy (non-hydrogen) atoms. The van der Waals surface area contributed by atoms with Gasteiger partial charge < -0.3 is 68.9 Å². The van der Waals surface area contributed by atoms with Gasteiger partial charge in [0.25, 0.3) is 0 Å². The van der Waals surface area contributed by atoms with Crippen molar-refractivity contribution in [2.24, 2.45) is 0 Å².